The van der Waals surface area contributed by atoms with Crippen LogP contribution in [0.2, 0.25) is 0 Å². The molecule has 0 fully saturated rings. The molecule has 11 heteroatoms. The minimum atomic E-state index is -4.60. The zero-order valence-electron chi connectivity index (χ0n) is 30.3. The number of ether oxygens (including phenoxy) is 2. The van der Waals surface area contributed by atoms with E-state index in [4.69, 9.17) is 19.1 Å². The highest BCUT2D eigenvalue weighted by molar-refractivity contribution is 7.47. The van der Waals surface area contributed by atoms with Gasteiger partial charge in [-0.25, -0.2) is 4.57 Å². The Balaban J connectivity index is 4.39. The molecule has 0 aliphatic rings. The summed E-state index contributed by atoms with van der Waals surface area (Å²) in [6.45, 7) is 6.98. The molecule has 3 N–H and O–H groups in total. The Hall–Kier alpha value is -1.03. The second-order valence-corrected chi connectivity index (χ2v) is 15.1. The fourth-order valence-corrected chi connectivity index (χ4v) is 5.94. The molecule has 0 aromatic carbocycles. The molecule has 0 saturated heterocycles. The lowest BCUT2D eigenvalue weighted by molar-refractivity contribution is -0.161. The van der Waals surface area contributed by atoms with Gasteiger partial charge in [-0.3, -0.25) is 18.6 Å². The number of phosphoric ester groups is 1. The molecule has 0 aromatic heterocycles. The molecule has 0 heterocycles. The van der Waals surface area contributed by atoms with E-state index in [2.05, 4.69) is 32.2 Å². The summed E-state index contributed by atoms with van der Waals surface area (Å²) in [6, 6.07) is 0. The molecule has 0 spiro atoms. The number of carbonyl (C=O) groups excluding carboxylic acids is 2. The van der Waals surface area contributed by atoms with Gasteiger partial charge >= 0.3 is 19.8 Å². The van der Waals surface area contributed by atoms with Crippen LogP contribution < -0.4 is 0 Å². The van der Waals surface area contributed by atoms with Crippen molar-refractivity contribution in [1.82, 2.24) is 0 Å². The van der Waals surface area contributed by atoms with E-state index in [0.717, 1.165) is 50.4 Å². The molecule has 10 nitrogen and oxygen atoms in total. The van der Waals surface area contributed by atoms with Crippen molar-refractivity contribution in [3.63, 3.8) is 0 Å². The van der Waals surface area contributed by atoms with Crippen molar-refractivity contribution < 1.29 is 47.8 Å². The van der Waals surface area contributed by atoms with Crippen molar-refractivity contribution in [1.29, 1.82) is 0 Å². The minimum Gasteiger partial charge on any atom is -0.462 e. The molecule has 4 atom stereocenters. The molecule has 4 unspecified atom stereocenters. The second kappa shape index (κ2) is 31.0. The minimum absolute atomic E-state index is 0.188. The second-order valence-electron chi connectivity index (χ2n) is 13.7. The van der Waals surface area contributed by atoms with E-state index in [0.29, 0.717) is 12.8 Å². The molecule has 0 aliphatic carbocycles. The monoisotopic (exact) mass is 694 g/mol. The highest BCUT2D eigenvalue weighted by Crippen LogP contribution is 2.43. The first-order valence-electron chi connectivity index (χ1n) is 18.7. The average molecular weight is 695 g/mol. The molecule has 0 rings (SSSR count). The van der Waals surface area contributed by atoms with Crippen molar-refractivity contribution in [3.05, 3.63) is 0 Å². The molecule has 0 bridgehead atoms. The molecular formula is C36H71O10P. The third kappa shape index (κ3) is 32.0. The van der Waals surface area contributed by atoms with Gasteiger partial charge in [0.15, 0.2) is 6.10 Å². The fraction of sp³-hybridized carbons (Fsp3) is 0.944. The van der Waals surface area contributed by atoms with Gasteiger partial charge in [-0.05, 0) is 24.7 Å². The number of aliphatic hydroxyl groups excluding tert-OH is 2. The van der Waals surface area contributed by atoms with Crippen LogP contribution in [0.5, 0.6) is 0 Å². The van der Waals surface area contributed by atoms with E-state index in [1.54, 1.807) is 0 Å². The van der Waals surface area contributed by atoms with E-state index in [1.165, 1.54) is 77.0 Å². The van der Waals surface area contributed by atoms with E-state index < -0.39 is 51.8 Å². The summed E-state index contributed by atoms with van der Waals surface area (Å²) < 4.78 is 32.5. The number of carbonyl (C=O) groups is 2. The van der Waals surface area contributed by atoms with E-state index in [-0.39, 0.29) is 19.4 Å². The van der Waals surface area contributed by atoms with E-state index >= 15 is 0 Å². The summed E-state index contributed by atoms with van der Waals surface area (Å²) in [5.74, 6) is 0.667. The summed E-state index contributed by atoms with van der Waals surface area (Å²) in [6.07, 6.45) is 20.9. The van der Waals surface area contributed by atoms with Gasteiger partial charge in [-0.1, -0.05) is 143 Å². The average Bonchev–Trinajstić information content (AvgIpc) is 3.04. The van der Waals surface area contributed by atoms with Crippen LogP contribution in [-0.2, 0) is 32.7 Å². The summed E-state index contributed by atoms with van der Waals surface area (Å²) in [7, 11) is -4.60. The Labute approximate surface area is 286 Å². The largest absolute Gasteiger partial charge is 0.472 e. The molecule has 0 radical (unpaired) electrons. The first-order valence-corrected chi connectivity index (χ1v) is 20.2. The number of phosphoric acid groups is 1. The van der Waals surface area contributed by atoms with Crippen LogP contribution in [0.1, 0.15) is 169 Å². The Morgan fingerprint density at radius 2 is 1.09 bits per heavy atom. The Morgan fingerprint density at radius 1 is 0.638 bits per heavy atom. The van der Waals surface area contributed by atoms with Gasteiger partial charge in [0.2, 0.25) is 0 Å². The summed E-state index contributed by atoms with van der Waals surface area (Å²) in [4.78, 5) is 34.8. The van der Waals surface area contributed by atoms with Gasteiger partial charge in [0.25, 0.3) is 0 Å². The molecule has 0 aliphatic heterocycles. The normalized spacial score (nSPS) is 14.9. The lowest BCUT2D eigenvalue weighted by Crippen LogP contribution is -2.29. The molecule has 0 saturated carbocycles. The van der Waals surface area contributed by atoms with Gasteiger partial charge in [-0.15, -0.1) is 0 Å². The van der Waals surface area contributed by atoms with Gasteiger partial charge < -0.3 is 24.6 Å². The molecule has 280 valence electrons. The van der Waals surface area contributed by atoms with Crippen molar-refractivity contribution >= 4 is 19.8 Å². The number of hydrogen-bond donors (Lipinski definition) is 3. The third-order valence-electron chi connectivity index (χ3n) is 8.48. The summed E-state index contributed by atoms with van der Waals surface area (Å²) in [5.41, 5.74) is 0. The number of rotatable bonds is 34. The Morgan fingerprint density at radius 3 is 1.57 bits per heavy atom. The SMILES string of the molecule is CCC(C)CCCCCCCCCCC(=O)OC(COC(=O)CCCCCCCCCCCC(C)C)COP(=O)(O)OCC(O)CO. The maximum Gasteiger partial charge on any atom is 0.472 e. The first kappa shape index (κ1) is 46.0. The van der Waals surface area contributed by atoms with Crippen LogP contribution in [-0.4, -0.2) is 65.7 Å². The Kier molecular flexibility index (Phi) is 30.3. The van der Waals surface area contributed by atoms with Crippen molar-refractivity contribution in [3.8, 4) is 0 Å². The standard InChI is InChI=1S/C36H71O10P/c1-5-32(4)24-20-16-12-9-10-14-18-22-26-36(40)46-34(30-45-47(41,42)44-28-33(38)27-37)29-43-35(39)25-21-17-13-8-6-7-11-15-19-23-31(2)3/h31-34,37-38H,5-30H2,1-4H3,(H,41,42). The Bertz CT molecular complexity index is 794. The topological polar surface area (TPSA) is 149 Å². The quantitative estimate of drug-likeness (QED) is 0.0339. The highest BCUT2D eigenvalue weighted by Gasteiger charge is 2.27. The van der Waals surface area contributed by atoms with Gasteiger partial charge in [-0.2, -0.15) is 0 Å². The van der Waals surface area contributed by atoms with Crippen LogP contribution in [0.3, 0.4) is 0 Å². The summed E-state index contributed by atoms with van der Waals surface area (Å²) >= 11 is 0. The van der Waals surface area contributed by atoms with Crippen molar-refractivity contribution in [2.24, 2.45) is 11.8 Å². The van der Waals surface area contributed by atoms with Gasteiger partial charge in [0.1, 0.15) is 12.7 Å². The third-order valence-corrected chi connectivity index (χ3v) is 9.43. The molecule has 0 aromatic rings. The van der Waals surface area contributed by atoms with Crippen molar-refractivity contribution in [2.45, 2.75) is 181 Å². The van der Waals surface area contributed by atoms with Gasteiger partial charge in [0, 0.05) is 12.8 Å². The van der Waals surface area contributed by atoms with Crippen LogP contribution in [0.25, 0.3) is 0 Å². The smallest absolute Gasteiger partial charge is 0.462 e. The van der Waals surface area contributed by atoms with Crippen LogP contribution in [0.4, 0.5) is 0 Å². The number of hydrogen-bond acceptors (Lipinski definition) is 9. The predicted molar refractivity (Wildman–Crippen MR) is 187 cm³/mol. The number of esters is 2. The predicted octanol–water partition coefficient (Wildman–Crippen LogP) is 8.82. The van der Waals surface area contributed by atoms with Crippen LogP contribution in [0.15, 0.2) is 0 Å². The maximum atomic E-state index is 12.5. The fourth-order valence-electron chi connectivity index (χ4n) is 5.15. The highest BCUT2D eigenvalue weighted by atomic mass is 31.2. The molecule has 0 amide bonds. The maximum absolute atomic E-state index is 12.5. The van der Waals surface area contributed by atoms with Crippen molar-refractivity contribution in [2.75, 3.05) is 26.4 Å². The molecular weight excluding hydrogens is 623 g/mol. The zero-order valence-corrected chi connectivity index (χ0v) is 31.2. The van der Waals surface area contributed by atoms with Gasteiger partial charge in [0.05, 0.1) is 19.8 Å². The van der Waals surface area contributed by atoms with E-state index in [9.17, 15) is 24.2 Å². The first-order chi connectivity index (χ1) is 22.5. The molecule has 47 heavy (non-hydrogen) atoms. The number of unbranched alkanes of at least 4 members (excludes halogenated alkanes) is 15. The summed E-state index contributed by atoms with van der Waals surface area (Å²) in [5, 5.41) is 18.2. The van der Waals surface area contributed by atoms with Crippen LogP contribution >= 0.6 is 7.82 Å². The van der Waals surface area contributed by atoms with E-state index in [1.807, 2.05) is 0 Å². The number of aliphatic hydroxyl groups is 2. The van der Waals surface area contributed by atoms with Crippen LogP contribution in [0, 0.1) is 11.8 Å². The lowest BCUT2D eigenvalue weighted by atomic mass is 9.99. The lowest BCUT2D eigenvalue weighted by Gasteiger charge is -2.20. The zero-order chi connectivity index (χ0) is 35.2.